The molecule has 4 heteroatoms. The number of benzene rings is 1. The molecule has 0 aliphatic heterocycles. The van der Waals surface area contributed by atoms with Crippen LogP contribution in [-0.2, 0) is 0 Å². The fraction of sp³-hybridized carbons (Fsp3) is 0.444. The Hall–Kier alpha value is -2.10. The summed E-state index contributed by atoms with van der Waals surface area (Å²) in [5.41, 5.74) is 4.39. The number of rotatable bonds is 6. The Morgan fingerprint density at radius 1 is 1.27 bits per heavy atom. The van der Waals surface area contributed by atoms with Crippen molar-refractivity contribution >= 4 is 17.8 Å². The van der Waals surface area contributed by atoms with Crippen LogP contribution in [0.25, 0.3) is 0 Å². The molecular formula is C18H25N3O. The van der Waals surface area contributed by atoms with Gasteiger partial charge in [0.2, 0.25) is 0 Å². The summed E-state index contributed by atoms with van der Waals surface area (Å²) in [6.45, 7) is 6.17. The molecule has 1 amide bonds. The number of nitrogens with one attached hydrogen (secondary N) is 1. The average molecular weight is 299 g/mol. The lowest BCUT2D eigenvalue weighted by Crippen LogP contribution is -2.22. The number of carbonyl (C=O) groups excluding carboxylic acids is 1. The van der Waals surface area contributed by atoms with E-state index in [0.717, 1.165) is 38.0 Å². The van der Waals surface area contributed by atoms with E-state index in [9.17, 15) is 4.79 Å². The van der Waals surface area contributed by atoms with Crippen LogP contribution in [0.15, 0.2) is 41.5 Å². The van der Waals surface area contributed by atoms with Crippen molar-refractivity contribution in [2.45, 2.75) is 33.1 Å². The summed E-state index contributed by atoms with van der Waals surface area (Å²) >= 11 is 0. The van der Waals surface area contributed by atoms with Gasteiger partial charge in [0.1, 0.15) is 0 Å². The van der Waals surface area contributed by atoms with Crippen LogP contribution in [0.5, 0.6) is 0 Å². The van der Waals surface area contributed by atoms with E-state index in [-0.39, 0.29) is 5.91 Å². The van der Waals surface area contributed by atoms with Crippen molar-refractivity contribution in [2.75, 3.05) is 18.0 Å². The third-order valence-electron chi connectivity index (χ3n) is 4.02. The molecule has 2 rings (SSSR count). The maximum Gasteiger partial charge on any atom is 0.271 e. The first-order valence-corrected chi connectivity index (χ1v) is 8.08. The number of hydrazone groups is 1. The SMILES string of the molecule is CCN(CC)c1ccc(C(=O)NN=CC2CC=CCC2)cc1. The molecule has 22 heavy (non-hydrogen) atoms. The molecule has 0 fully saturated rings. The predicted octanol–water partition coefficient (Wildman–Crippen LogP) is 3.60. The quantitative estimate of drug-likeness (QED) is 0.495. The number of nitrogens with zero attached hydrogens (tertiary/aromatic N) is 2. The van der Waals surface area contributed by atoms with Crippen molar-refractivity contribution in [2.24, 2.45) is 11.0 Å². The molecule has 0 radical (unpaired) electrons. The maximum absolute atomic E-state index is 12.1. The summed E-state index contributed by atoms with van der Waals surface area (Å²) in [6.07, 6.45) is 9.43. The monoisotopic (exact) mass is 299 g/mol. The molecule has 1 aromatic rings. The first kappa shape index (κ1) is 16.3. The standard InChI is InChI=1S/C18H25N3O/c1-3-21(4-2)17-12-10-16(11-13-17)18(22)20-19-14-15-8-6-5-7-9-15/h5-6,10-15H,3-4,7-9H2,1-2H3,(H,20,22). The van der Waals surface area contributed by atoms with Gasteiger partial charge < -0.3 is 4.90 Å². The summed E-state index contributed by atoms with van der Waals surface area (Å²) in [5, 5.41) is 4.09. The van der Waals surface area contributed by atoms with E-state index in [4.69, 9.17) is 0 Å². The lowest BCUT2D eigenvalue weighted by atomic mass is 9.96. The molecule has 1 atom stereocenters. The van der Waals surface area contributed by atoms with Crippen LogP contribution in [0.4, 0.5) is 5.69 Å². The summed E-state index contributed by atoms with van der Waals surface area (Å²) in [6, 6.07) is 7.67. The minimum absolute atomic E-state index is 0.159. The van der Waals surface area contributed by atoms with E-state index in [0.29, 0.717) is 11.5 Å². The fourth-order valence-corrected chi connectivity index (χ4v) is 2.63. The van der Waals surface area contributed by atoms with Crippen molar-refractivity contribution < 1.29 is 4.79 Å². The Bertz CT molecular complexity index is 530. The summed E-state index contributed by atoms with van der Waals surface area (Å²) < 4.78 is 0. The predicted molar refractivity (Wildman–Crippen MR) is 92.4 cm³/mol. The van der Waals surface area contributed by atoms with Gasteiger partial charge in [0.25, 0.3) is 5.91 Å². The van der Waals surface area contributed by atoms with E-state index in [1.165, 1.54) is 0 Å². The molecule has 1 aliphatic carbocycles. The number of hydrogen-bond donors (Lipinski definition) is 1. The van der Waals surface area contributed by atoms with Crippen LogP contribution >= 0.6 is 0 Å². The van der Waals surface area contributed by atoms with Crippen LogP contribution in [0.1, 0.15) is 43.5 Å². The zero-order chi connectivity index (χ0) is 15.8. The highest BCUT2D eigenvalue weighted by Crippen LogP contribution is 2.16. The van der Waals surface area contributed by atoms with Gasteiger partial charge in [0.15, 0.2) is 0 Å². The molecule has 0 spiro atoms. The maximum atomic E-state index is 12.1. The normalized spacial score (nSPS) is 17.6. The Labute approximate surface area is 132 Å². The Morgan fingerprint density at radius 3 is 2.59 bits per heavy atom. The van der Waals surface area contributed by atoms with Gasteiger partial charge in [-0.25, -0.2) is 5.43 Å². The van der Waals surface area contributed by atoms with Crippen LogP contribution in [0, 0.1) is 5.92 Å². The highest BCUT2D eigenvalue weighted by atomic mass is 16.2. The fourth-order valence-electron chi connectivity index (χ4n) is 2.63. The number of anilines is 1. The largest absolute Gasteiger partial charge is 0.372 e. The number of carbonyl (C=O) groups is 1. The van der Waals surface area contributed by atoms with E-state index in [1.807, 2.05) is 30.5 Å². The van der Waals surface area contributed by atoms with Gasteiger partial charge in [-0.3, -0.25) is 4.79 Å². The zero-order valence-electron chi connectivity index (χ0n) is 13.5. The number of amides is 1. The summed E-state index contributed by atoms with van der Waals surface area (Å²) in [4.78, 5) is 14.3. The Balaban J connectivity index is 1.89. The average Bonchev–Trinajstić information content (AvgIpc) is 2.57. The number of allylic oxidation sites excluding steroid dienone is 2. The van der Waals surface area contributed by atoms with E-state index in [1.54, 1.807) is 0 Å². The van der Waals surface area contributed by atoms with Gasteiger partial charge in [0.05, 0.1) is 0 Å². The smallest absolute Gasteiger partial charge is 0.271 e. The van der Waals surface area contributed by atoms with Gasteiger partial charge in [0, 0.05) is 30.6 Å². The van der Waals surface area contributed by atoms with Crippen LogP contribution in [0.3, 0.4) is 0 Å². The molecule has 1 aliphatic rings. The van der Waals surface area contributed by atoms with Crippen LogP contribution in [-0.4, -0.2) is 25.2 Å². The van der Waals surface area contributed by atoms with Gasteiger partial charge in [-0.15, -0.1) is 0 Å². The zero-order valence-corrected chi connectivity index (χ0v) is 13.5. The van der Waals surface area contributed by atoms with Crippen LogP contribution in [0.2, 0.25) is 0 Å². The molecule has 0 bridgehead atoms. The Morgan fingerprint density at radius 2 is 2.00 bits per heavy atom. The second-order valence-corrected chi connectivity index (χ2v) is 5.48. The number of hydrogen-bond acceptors (Lipinski definition) is 3. The Kier molecular flexibility index (Phi) is 6.19. The highest BCUT2D eigenvalue weighted by Gasteiger charge is 2.08. The molecule has 118 valence electrons. The van der Waals surface area contributed by atoms with Crippen LogP contribution < -0.4 is 10.3 Å². The first-order chi connectivity index (χ1) is 10.7. The molecular weight excluding hydrogens is 274 g/mol. The lowest BCUT2D eigenvalue weighted by molar-refractivity contribution is 0.0955. The second kappa shape index (κ2) is 8.37. The van der Waals surface area contributed by atoms with Gasteiger partial charge in [-0.2, -0.15) is 5.10 Å². The summed E-state index contributed by atoms with van der Waals surface area (Å²) in [7, 11) is 0. The molecule has 0 aromatic heterocycles. The molecule has 1 unspecified atom stereocenters. The van der Waals surface area contributed by atoms with Gasteiger partial charge in [-0.05, 0) is 63.3 Å². The van der Waals surface area contributed by atoms with Gasteiger partial charge in [-0.1, -0.05) is 12.2 Å². The third-order valence-corrected chi connectivity index (χ3v) is 4.02. The first-order valence-electron chi connectivity index (χ1n) is 8.08. The van der Waals surface area contributed by atoms with E-state index >= 15 is 0 Å². The van der Waals surface area contributed by atoms with E-state index < -0.39 is 0 Å². The summed E-state index contributed by atoms with van der Waals surface area (Å²) in [5.74, 6) is 0.282. The van der Waals surface area contributed by atoms with Crippen molar-refractivity contribution in [3.05, 3.63) is 42.0 Å². The highest BCUT2D eigenvalue weighted by molar-refractivity contribution is 5.94. The topological polar surface area (TPSA) is 44.7 Å². The van der Waals surface area contributed by atoms with E-state index in [2.05, 4.69) is 41.4 Å². The molecule has 0 saturated carbocycles. The molecule has 1 N–H and O–H groups in total. The van der Waals surface area contributed by atoms with Crippen molar-refractivity contribution in [1.82, 2.24) is 5.43 Å². The minimum atomic E-state index is -0.159. The molecule has 4 nitrogen and oxygen atoms in total. The van der Waals surface area contributed by atoms with Crippen molar-refractivity contribution in [3.63, 3.8) is 0 Å². The van der Waals surface area contributed by atoms with Crippen molar-refractivity contribution in [3.8, 4) is 0 Å². The second-order valence-electron chi connectivity index (χ2n) is 5.48. The lowest BCUT2D eigenvalue weighted by Gasteiger charge is -2.20. The third kappa shape index (κ3) is 4.45. The van der Waals surface area contributed by atoms with Crippen molar-refractivity contribution in [1.29, 1.82) is 0 Å². The molecule has 0 heterocycles. The van der Waals surface area contributed by atoms with Gasteiger partial charge >= 0.3 is 0 Å². The minimum Gasteiger partial charge on any atom is -0.372 e. The molecule has 1 aromatic carbocycles. The molecule has 0 saturated heterocycles.